The molecule has 0 fully saturated rings. The summed E-state index contributed by atoms with van der Waals surface area (Å²) in [5.74, 6) is -0.452. The topological polar surface area (TPSA) is 62.1 Å². The standard InChI is InChI=1S/C24H18BrFN2O2/c1-16-6-2-5-9-22(16)28-24(29)19(14-27)12-18-13-20(25)10-11-23(18)30-15-17-7-3-4-8-21(17)26/h2-13H,15H2,1H3,(H,28,29)/b19-12+. The Labute approximate surface area is 182 Å². The molecule has 1 amide bonds. The first-order chi connectivity index (χ1) is 14.5. The number of nitrogens with one attached hydrogen (secondary N) is 1. The van der Waals surface area contributed by atoms with Crippen LogP contribution in [0.2, 0.25) is 0 Å². The highest BCUT2D eigenvalue weighted by atomic mass is 79.9. The Kier molecular flexibility index (Phi) is 6.99. The molecule has 4 nitrogen and oxygen atoms in total. The van der Waals surface area contributed by atoms with E-state index in [-0.39, 0.29) is 18.0 Å². The lowest BCUT2D eigenvalue weighted by Crippen LogP contribution is -2.14. The fourth-order valence-electron chi connectivity index (χ4n) is 2.74. The number of rotatable bonds is 6. The normalized spacial score (nSPS) is 10.9. The van der Waals surface area contributed by atoms with E-state index in [0.717, 1.165) is 10.0 Å². The van der Waals surface area contributed by atoms with Gasteiger partial charge in [-0.2, -0.15) is 5.26 Å². The van der Waals surface area contributed by atoms with Crippen molar-refractivity contribution in [3.05, 3.63) is 99.3 Å². The fourth-order valence-corrected chi connectivity index (χ4v) is 3.12. The van der Waals surface area contributed by atoms with Gasteiger partial charge in [0.2, 0.25) is 0 Å². The van der Waals surface area contributed by atoms with E-state index >= 15 is 0 Å². The lowest BCUT2D eigenvalue weighted by atomic mass is 10.1. The van der Waals surface area contributed by atoms with Gasteiger partial charge in [-0.25, -0.2) is 4.39 Å². The van der Waals surface area contributed by atoms with E-state index in [1.54, 1.807) is 48.5 Å². The molecule has 0 atom stereocenters. The maximum Gasteiger partial charge on any atom is 0.266 e. The molecular weight excluding hydrogens is 447 g/mol. The van der Waals surface area contributed by atoms with Gasteiger partial charge in [-0.1, -0.05) is 52.3 Å². The van der Waals surface area contributed by atoms with Crippen LogP contribution in [0, 0.1) is 24.1 Å². The fraction of sp³-hybridized carbons (Fsp3) is 0.0833. The van der Waals surface area contributed by atoms with Crippen LogP contribution in [0.15, 0.2) is 76.8 Å². The summed E-state index contributed by atoms with van der Waals surface area (Å²) >= 11 is 3.39. The first-order valence-corrected chi connectivity index (χ1v) is 9.92. The molecule has 0 aromatic heterocycles. The van der Waals surface area contributed by atoms with Crippen LogP contribution in [0.4, 0.5) is 10.1 Å². The van der Waals surface area contributed by atoms with E-state index in [0.29, 0.717) is 22.6 Å². The number of carbonyl (C=O) groups is 1. The zero-order valence-corrected chi connectivity index (χ0v) is 17.7. The summed E-state index contributed by atoms with van der Waals surface area (Å²) < 4.78 is 20.4. The van der Waals surface area contributed by atoms with Crippen molar-refractivity contribution in [2.24, 2.45) is 0 Å². The SMILES string of the molecule is Cc1ccccc1NC(=O)/C(C#N)=C/c1cc(Br)ccc1OCc1ccccc1F. The molecule has 0 unspecified atom stereocenters. The first-order valence-electron chi connectivity index (χ1n) is 9.12. The van der Waals surface area contributed by atoms with Crippen molar-refractivity contribution in [2.75, 3.05) is 5.32 Å². The van der Waals surface area contributed by atoms with Gasteiger partial charge in [0.25, 0.3) is 5.91 Å². The molecule has 0 aliphatic rings. The molecule has 3 rings (SSSR count). The number of benzene rings is 3. The van der Waals surface area contributed by atoms with Crippen LogP contribution in [0.5, 0.6) is 5.75 Å². The van der Waals surface area contributed by atoms with Gasteiger partial charge in [0.1, 0.15) is 29.8 Å². The average Bonchev–Trinajstić information content (AvgIpc) is 2.74. The number of ether oxygens (including phenoxy) is 1. The van der Waals surface area contributed by atoms with E-state index in [4.69, 9.17) is 4.74 Å². The summed E-state index contributed by atoms with van der Waals surface area (Å²) in [6.45, 7) is 1.89. The predicted molar refractivity (Wildman–Crippen MR) is 118 cm³/mol. The number of nitriles is 1. The molecule has 30 heavy (non-hydrogen) atoms. The molecule has 0 heterocycles. The lowest BCUT2D eigenvalue weighted by Gasteiger charge is -2.11. The minimum absolute atomic E-state index is 0.0203. The highest BCUT2D eigenvalue weighted by molar-refractivity contribution is 9.10. The molecule has 3 aromatic carbocycles. The van der Waals surface area contributed by atoms with Gasteiger partial charge in [0.05, 0.1) is 0 Å². The Bertz CT molecular complexity index is 1150. The van der Waals surface area contributed by atoms with Crippen molar-refractivity contribution in [1.82, 2.24) is 0 Å². The van der Waals surface area contributed by atoms with Crippen LogP contribution in [0.25, 0.3) is 6.08 Å². The van der Waals surface area contributed by atoms with Crippen molar-refractivity contribution in [3.8, 4) is 11.8 Å². The predicted octanol–water partition coefficient (Wildman–Crippen LogP) is 6.02. The summed E-state index contributed by atoms with van der Waals surface area (Å²) in [7, 11) is 0. The van der Waals surface area contributed by atoms with Crippen molar-refractivity contribution in [3.63, 3.8) is 0 Å². The van der Waals surface area contributed by atoms with Gasteiger partial charge in [-0.3, -0.25) is 4.79 Å². The van der Waals surface area contributed by atoms with Crippen LogP contribution in [-0.4, -0.2) is 5.91 Å². The van der Waals surface area contributed by atoms with Crippen LogP contribution in [0.1, 0.15) is 16.7 Å². The molecule has 0 aliphatic carbocycles. The monoisotopic (exact) mass is 464 g/mol. The number of halogens is 2. The molecule has 0 saturated carbocycles. The Hall–Kier alpha value is -3.43. The number of para-hydroxylation sites is 1. The number of carbonyl (C=O) groups excluding carboxylic acids is 1. The Morgan fingerprint density at radius 1 is 1.17 bits per heavy atom. The Balaban J connectivity index is 1.86. The third-order valence-corrected chi connectivity index (χ3v) is 4.86. The molecule has 0 aliphatic heterocycles. The van der Waals surface area contributed by atoms with E-state index in [1.807, 2.05) is 25.1 Å². The van der Waals surface area contributed by atoms with Crippen LogP contribution in [-0.2, 0) is 11.4 Å². The van der Waals surface area contributed by atoms with Gasteiger partial charge >= 0.3 is 0 Å². The summed E-state index contributed by atoms with van der Waals surface area (Å²) in [5.41, 5.74) is 2.38. The third kappa shape index (κ3) is 5.34. The van der Waals surface area contributed by atoms with Crippen molar-refractivity contribution < 1.29 is 13.9 Å². The van der Waals surface area contributed by atoms with Gasteiger partial charge < -0.3 is 10.1 Å². The average molecular weight is 465 g/mol. The van der Waals surface area contributed by atoms with E-state index < -0.39 is 5.91 Å². The summed E-state index contributed by atoms with van der Waals surface area (Å²) in [4.78, 5) is 12.6. The van der Waals surface area contributed by atoms with E-state index in [2.05, 4.69) is 21.2 Å². The Morgan fingerprint density at radius 3 is 2.63 bits per heavy atom. The zero-order chi connectivity index (χ0) is 21.5. The molecule has 6 heteroatoms. The zero-order valence-electron chi connectivity index (χ0n) is 16.2. The molecular formula is C24H18BrFN2O2. The first kappa shape index (κ1) is 21.3. The van der Waals surface area contributed by atoms with Gasteiger partial charge in [-0.15, -0.1) is 0 Å². The van der Waals surface area contributed by atoms with Gasteiger partial charge in [0.15, 0.2) is 0 Å². The number of aryl methyl sites for hydroxylation is 1. The molecule has 0 bridgehead atoms. The van der Waals surface area contributed by atoms with E-state index in [1.165, 1.54) is 12.1 Å². The summed E-state index contributed by atoms with van der Waals surface area (Å²) in [6.07, 6.45) is 1.45. The second-order valence-electron chi connectivity index (χ2n) is 6.50. The highest BCUT2D eigenvalue weighted by Crippen LogP contribution is 2.27. The third-order valence-electron chi connectivity index (χ3n) is 4.37. The lowest BCUT2D eigenvalue weighted by molar-refractivity contribution is -0.112. The minimum Gasteiger partial charge on any atom is -0.488 e. The molecule has 150 valence electrons. The van der Waals surface area contributed by atoms with Crippen LogP contribution < -0.4 is 10.1 Å². The van der Waals surface area contributed by atoms with Crippen molar-refractivity contribution in [1.29, 1.82) is 5.26 Å². The van der Waals surface area contributed by atoms with Gasteiger partial charge in [-0.05, 0) is 48.9 Å². The largest absolute Gasteiger partial charge is 0.488 e. The Morgan fingerprint density at radius 2 is 1.90 bits per heavy atom. The van der Waals surface area contributed by atoms with Crippen molar-refractivity contribution >= 4 is 33.6 Å². The van der Waals surface area contributed by atoms with Crippen LogP contribution in [0.3, 0.4) is 0 Å². The molecule has 0 saturated heterocycles. The maximum absolute atomic E-state index is 13.9. The van der Waals surface area contributed by atoms with Gasteiger partial charge in [0, 0.05) is 21.3 Å². The second-order valence-corrected chi connectivity index (χ2v) is 7.42. The minimum atomic E-state index is -0.521. The number of hydrogen-bond donors (Lipinski definition) is 1. The quantitative estimate of drug-likeness (QED) is 0.358. The molecule has 1 N–H and O–H groups in total. The molecule has 0 radical (unpaired) electrons. The summed E-state index contributed by atoms with van der Waals surface area (Å²) in [5, 5.41) is 12.3. The molecule has 0 spiro atoms. The number of hydrogen-bond acceptors (Lipinski definition) is 3. The molecule has 3 aromatic rings. The van der Waals surface area contributed by atoms with Crippen LogP contribution >= 0.6 is 15.9 Å². The number of anilines is 1. The highest BCUT2D eigenvalue weighted by Gasteiger charge is 2.13. The second kappa shape index (κ2) is 9.86. The summed E-state index contributed by atoms with van der Waals surface area (Å²) in [6, 6.07) is 20.8. The smallest absolute Gasteiger partial charge is 0.266 e. The number of nitrogens with zero attached hydrogens (tertiary/aromatic N) is 1. The van der Waals surface area contributed by atoms with Crippen molar-refractivity contribution in [2.45, 2.75) is 13.5 Å². The van der Waals surface area contributed by atoms with E-state index in [9.17, 15) is 14.4 Å². The maximum atomic E-state index is 13.9. The number of amides is 1.